The first-order chi connectivity index (χ1) is 10.7. The Labute approximate surface area is 132 Å². The van der Waals surface area contributed by atoms with Gasteiger partial charge < -0.3 is 5.73 Å². The average Bonchev–Trinajstić information content (AvgIpc) is 2.52. The third kappa shape index (κ3) is 6.89. The molecule has 0 unspecified atom stereocenters. The van der Waals surface area contributed by atoms with Gasteiger partial charge in [0.15, 0.2) is 5.84 Å². The second kappa shape index (κ2) is 10.4. The Morgan fingerprint density at radius 1 is 1.18 bits per heavy atom. The van der Waals surface area contributed by atoms with Gasteiger partial charge in [-0.3, -0.25) is 10.8 Å². The van der Waals surface area contributed by atoms with E-state index in [4.69, 9.17) is 16.4 Å². The number of nitrogens with two attached hydrogens (primary N) is 1. The van der Waals surface area contributed by atoms with E-state index in [-0.39, 0.29) is 11.5 Å². The highest BCUT2D eigenvalue weighted by atomic mass is 15.3. The summed E-state index contributed by atoms with van der Waals surface area (Å²) >= 11 is 0. The number of rotatable bonds is 10. The zero-order valence-corrected chi connectivity index (χ0v) is 13.2. The number of amidine groups is 1. The van der Waals surface area contributed by atoms with Crippen molar-refractivity contribution >= 4 is 17.2 Å². The summed E-state index contributed by atoms with van der Waals surface area (Å²) in [5.74, 6) is -0.338. The van der Waals surface area contributed by atoms with Crippen LogP contribution in [0.1, 0.15) is 51.0 Å². The van der Waals surface area contributed by atoms with E-state index in [1.165, 1.54) is 44.1 Å². The van der Waals surface area contributed by atoms with Crippen molar-refractivity contribution in [2.75, 3.05) is 5.43 Å². The van der Waals surface area contributed by atoms with Crippen LogP contribution in [-0.4, -0.2) is 11.5 Å². The van der Waals surface area contributed by atoms with E-state index in [1.54, 1.807) is 6.07 Å². The van der Waals surface area contributed by atoms with Crippen molar-refractivity contribution in [2.24, 2.45) is 10.8 Å². The van der Waals surface area contributed by atoms with Gasteiger partial charge in [0.25, 0.3) is 0 Å². The lowest BCUT2D eigenvalue weighted by Gasteiger charge is -2.04. The van der Waals surface area contributed by atoms with Crippen LogP contribution in [-0.2, 0) is 6.42 Å². The van der Waals surface area contributed by atoms with E-state index < -0.39 is 0 Å². The molecule has 22 heavy (non-hydrogen) atoms. The van der Waals surface area contributed by atoms with Gasteiger partial charge in [0.2, 0.25) is 5.71 Å². The number of benzene rings is 1. The summed E-state index contributed by atoms with van der Waals surface area (Å²) in [6.07, 6.45) is 8.89. The van der Waals surface area contributed by atoms with Crippen LogP contribution in [0.3, 0.4) is 0 Å². The summed E-state index contributed by atoms with van der Waals surface area (Å²) in [6.45, 7) is 2.23. The molecule has 0 fully saturated rings. The lowest BCUT2D eigenvalue weighted by molar-refractivity contribution is 0.607. The molecular formula is C17H25N5. The third-order valence-electron chi connectivity index (χ3n) is 3.43. The van der Waals surface area contributed by atoms with Crippen molar-refractivity contribution in [3.05, 3.63) is 29.8 Å². The molecule has 1 aromatic rings. The minimum Gasteiger partial charge on any atom is -0.382 e. The van der Waals surface area contributed by atoms with Crippen LogP contribution in [0.5, 0.6) is 0 Å². The first-order valence-electron chi connectivity index (χ1n) is 7.84. The van der Waals surface area contributed by atoms with Gasteiger partial charge in [0.1, 0.15) is 6.07 Å². The number of unbranched alkanes of at least 4 members (excludes halogenated alkanes) is 5. The van der Waals surface area contributed by atoms with Crippen molar-refractivity contribution in [3.8, 4) is 6.07 Å². The van der Waals surface area contributed by atoms with Crippen LogP contribution in [0.25, 0.3) is 0 Å². The van der Waals surface area contributed by atoms with Crippen LogP contribution in [0.4, 0.5) is 5.69 Å². The Morgan fingerprint density at radius 2 is 1.82 bits per heavy atom. The van der Waals surface area contributed by atoms with Gasteiger partial charge in [-0.15, -0.1) is 0 Å². The van der Waals surface area contributed by atoms with E-state index in [1.807, 2.05) is 12.1 Å². The molecule has 1 aromatic carbocycles. The van der Waals surface area contributed by atoms with Gasteiger partial charge in [-0.1, -0.05) is 51.2 Å². The van der Waals surface area contributed by atoms with Crippen LogP contribution < -0.4 is 11.2 Å². The molecule has 118 valence electrons. The average molecular weight is 299 g/mol. The largest absolute Gasteiger partial charge is 0.382 e. The summed E-state index contributed by atoms with van der Waals surface area (Å²) in [4.78, 5) is 0. The molecule has 0 aromatic heterocycles. The summed E-state index contributed by atoms with van der Waals surface area (Å²) in [7, 11) is 0. The van der Waals surface area contributed by atoms with Gasteiger partial charge in [-0.25, -0.2) is 0 Å². The molecule has 0 aliphatic rings. The van der Waals surface area contributed by atoms with Crippen molar-refractivity contribution in [1.29, 1.82) is 10.7 Å². The molecule has 0 amide bonds. The molecule has 0 aliphatic carbocycles. The van der Waals surface area contributed by atoms with Crippen LogP contribution in [0, 0.1) is 16.7 Å². The molecule has 0 bridgehead atoms. The fourth-order valence-corrected chi connectivity index (χ4v) is 2.12. The maximum Gasteiger partial charge on any atom is 0.201 e. The summed E-state index contributed by atoms with van der Waals surface area (Å²) in [5.41, 5.74) is 9.93. The number of hydrazone groups is 1. The van der Waals surface area contributed by atoms with E-state index in [0.717, 1.165) is 12.1 Å². The maximum atomic E-state index is 8.75. The second-order valence-corrected chi connectivity index (χ2v) is 5.31. The molecule has 0 heterocycles. The van der Waals surface area contributed by atoms with Crippen molar-refractivity contribution < 1.29 is 0 Å². The number of hydrogen-bond acceptors (Lipinski definition) is 4. The number of anilines is 1. The minimum absolute atomic E-state index is 0.115. The Bertz CT molecular complexity index is 525. The zero-order valence-electron chi connectivity index (χ0n) is 13.2. The Hall–Kier alpha value is -2.35. The fraction of sp³-hybridized carbons (Fsp3) is 0.471. The SMILES string of the molecule is CCCCCCCCc1ccc(N/N=C(\C#N)C(=N)N)cc1. The van der Waals surface area contributed by atoms with E-state index in [0.29, 0.717) is 0 Å². The molecule has 0 saturated carbocycles. The van der Waals surface area contributed by atoms with Crippen LogP contribution in [0.15, 0.2) is 29.4 Å². The number of nitrogens with one attached hydrogen (secondary N) is 2. The van der Waals surface area contributed by atoms with Gasteiger partial charge in [0.05, 0.1) is 5.69 Å². The Morgan fingerprint density at radius 3 is 2.41 bits per heavy atom. The number of nitrogens with zero attached hydrogens (tertiary/aromatic N) is 2. The number of aryl methyl sites for hydroxylation is 1. The molecular weight excluding hydrogens is 274 g/mol. The van der Waals surface area contributed by atoms with Crippen molar-refractivity contribution in [1.82, 2.24) is 0 Å². The molecule has 4 N–H and O–H groups in total. The maximum absolute atomic E-state index is 8.75. The molecule has 1 rings (SSSR count). The lowest BCUT2D eigenvalue weighted by atomic mass is 10.0. The van der Waals surface area contributed by atoms with Crippen molar-refractivity contribution in [2.45, 2.75) is 51.9 Å². The number of hydrogen-bond donors (Lipinski definition) is 3. The minimum atomic E-state index is -0.338. The molecule has 5 nitrogen and oxygen atoms in total. The quantitative estimate of drug-likeness (QED) is 0.265. The molecule has 0 spiro atoms. The highest BCUT2D eigenvalue weighted by Crippen LogP contribution is 2.13. The highest BCUT2D eigenvalue weighted by molar-refractivity contribution is 6.45. The van der Waals surface area contributed by atoms with Crippen molar-refractivity contribution in [3.63, 3.8) is 0 Å². The topological polar surface area (TPSA) is 98.0 Å². The van der Waals surface area contributed by atoms with Gasteiger partial charge in [0, 0.05) is 0 Å². The van der Waals surface area contributed by atoms with Crippen LogP contribution in [0.2, 0.25) is 0 Å². The Kier molecular flexibility index (Phi) is 8.36. The predicted octanol–water partition coefficient (Wildman–Crippen LogP) is 3.82. The molecule has 5 heteroatoms. The highest BCUT2D eigenvalue weighted by Gasteiger charge is 2.01. The van der Waals surface area contributed by atoms with Gasteiger partial charge in [-0.05, 0) is 30.5 Å². The molecule has 0 radical (unpaired) electrons. The Balaban J connectivity index is 2.37. The van der Waals surface area contributed by atoms with Gasteiger partial charge >= 0.3 is 0 Å². The fourth-order valence-electron chi connectivity index (χ4n) is 2.12. The summed E-state index contributed by atoms with van der Waals surface area (Å²) < 4.78 is 0. The van der Waals surface area contributed by atoms with E-state index in [9.17, 15) is 0 Å². The molecule has 0 aliphatic heterocycles. The van der Waals surface area contributed by atoms with Gasteiger partial charge in [-0.2, -0.15) is 10.4 Å². The zero-order chi connectivity index (χ0) is 16.2. The van der Waals surface area contributed by atoms with E-state index in [2.05, 4.69) is 29.6 Å². The normalized spacial score (nSPS) is 11.0. The second-order valence-electron chi connectivity index (χ2n) is 5.31. The number of nitriles is 1. The predicted molar refractivity (Wildman–Crippen MR) is 92.1 cm³/mol. The first kappa shape index (κ1) is 17.7. The van der Waals surface area contributed by atoms with Crippen LogP contribution >= 0.6 is 0 Å². The third-order valence-corrected chi connectivity index (χ3v) is 3.43. The monoisotopic (exact) mass is 299 g/mol. The summed E-state index contributed by atoms with van der Waals surface area (Å²) in [5, 5.41) is 19.7. The summed E-state index contributed by atoms with van der Waals surface area (Å²) in [6, 6.07) is 9.73. The lowest BCUT2D eigenvalue weighted by Crippen LogP contribution is -2.21. The first-order valence-corrected chi connectivity index (χ1v) is 7.84. The molecule has 0 atom stereocenters. The standard InChI is InChI=1S/C17H25N5/c1-2-3-4-5-6-7-8-14-9-11-15(12-10-14)21-22-16(13-18)17(19)20/h9-12,21H,2-8H2,1H3,(H3,19,20)/b22-16+. The smallest absolute Gasteiger partial charge is 0.201 e. The molecule has 0 saturated heterocycles. The van der Waals surface area contributed by atoms with E-state index >= 15 is 0 Å².